The lowest BCUT2D eigenvalue weighted by atomic mass is 10.1. The Hall–Kier alpha value is -2.08. The van der Waals surface area contributed by atoms with Crippen LogP contribution in [0.3, 0.4) is 0 Å². The van der Waals surface area contributed by atoms with Gasteiger partial charge in [0.2, 0.25) is 5.91 Å². The third-order valence-corrected chi connectivity index (χ3v) is 3.89. The van der Waals surface area contributed by atoms with Crippen LogP contribution in [0.2, 0.25) is 0 Å². The largest absolute Gasteiger partial charge is 0.484 e. The van der Waals surface area contributed by atoms with Crippen molar-refractivity contribution in [2.24, 2.45) is 5.73 Å². The highest BCUT2D eigenvalue weighted by molar-refractivity contribution is 5.82. The van der Waals surface area contributed by atoms with Crippen molar-refractivity contribution in [3.63, 3.8) is 0 Å². The number of piperazine rings is 1. The number of nitrogens with two attached hydrogens (primary N) is 1. The summed E-state index contributed by atoms with van der Waals surface area (Å²) in [5.41, 5.74) is 7.82. The summed E-state index contributed by atoms with van der Waals surface area (Å²) < 4.78 is 5.60. The van der Waals surface area contributed by atoms with E-state index in [0.717, 1.165) is 11.1 Å². The maximum Gasteiger partial charge on any atom is 0.260 e. The van der Waals surface area contributed by atoms with E-state index in [0.29, 0.717) is 31.9 Å². The molecular weight excluding hydrogens is 294 g/mol. The molecular formula is C17H25N3O3. The first-order valence-corrected chi connectivity index (χ1v) is 7.90. The van der Waals surface area contributed by atoms with Gasteiger partial charge in [-0.25, -0.2) is 0 Å². The van der Waals surface area contributed by atoms with E-state index in [1.807, 2.05) is 26.0 Å². The van der Waals surface area contributed by atoms with E-state index >= 15 is 0 Å². The number of carbonyl (C=O) groups excluding carboxylic acids is 2. The lowest BCUT2D eigenvalue weighted by molar-refractivity contribution is -0.141. The van der Waals surface area contributed by atoms with Crippen LogP contribution in [0.4, 0.5) is 0 Å². The molecule has 0 aliphatic carbocycles. The molecule has 1 saturated heterocycles. The summed E-state index contributed by atoms with van der Waals surface area (Å²) in [4.78, 5) is 27.5. The van der Waals surface area contributed by atoms with E-state index in [2.05, 4.69) is 6.07 Å². The third-order valence-electron chi connectivity index (χ3n) is 3.89. The number of aryl methyl sites for hydroxylation is 2. The van der Waals surface area contributed by atoms with E-state index in [1.165, 1.54) is 0 Å². The third kappa shape index (κ3) is 4.69. The molecule has 0 spiro atoms. The maximum atomic E-state index is 12.2. The number of nitrogens with zero attached hydrogens (tertiary/aromatic N) is 2. The second-order valence-electron chi connectivity index (χ2n) is 6.11. The molecule has 0 radical (unpaired) electrons. The van der Waals surface area contributed by atoms with Crippen LogP contribution < -0.4 is 10.5 Å². The first-order valence-electron chi connectivity index (χ1n) is 7.90. The monoisotopic (exact) mass is 319 g/mol. The Morgan fingerprint density at radius 1 is 1.09 bits per heavy atom. The first-order chi connectivity index (χ1) is 10.9. The highest BCUT2D eigenvalue weighted by Gasteiger charge is 2.25. The van der Waals surface area contributed by atoms with Crippen LogP contribution in [0.15, 0.2) is 18.2 Å². The Morgan fingerprint density at radius 2 is 1.61 bits per heavy atom. The minimum Gasteiger partial charge on any atom is -0.484 e. The molecule has 1 aromatic rings. The van der Waals surface area contributed by atoms with Crippen molar-refractivity contribution in [2.45, 2.75) is 26.8 Å². The van der Waals surface area contributed by atoms with Gasteiger partial charge >= 0.3 is 0 Å². The number of ether oxygens (including phenoxy) is 1. The van der Waals surface area contributed by atoms with Crippen molar-refractivity contribution in [1.29, 1.82) is 0 Å². The molecule has 2 rings (SSSR count). The smallest absolute Gasteiger partial charge is 0.260 e. The zero-order chi connectivity index (χ0) is 17.0. The van der Waals surface area contributed by atoms with E-state index in [1.54, 1.807) is 16.7 Å². The van der Waals surface area contributed by atoms with E-state index in [4.69, 9.17) is 10.5 Å². The van der Waals surface area contributed by atoms with Crippen LogP contribution in [0.25, 0.3) is 0 Å². The summed E-state index contributed by atoms with van der Waals surface area (Å²) in [6.07, 6.45) is 0. The molecule has 1 aromatic carbocycles. The van der Waals surface area contributed by atoms with Gasteiger partial charge in [-0.15, -0.1) is 0 Å². The molecule has 1 unspecified atom stereocenters. The molecule has 2 amide bonds. The average molecular weight is 319 g/mol. The van der Waals surface area contributed by atoms with Crippen molar-refractivity contribution in [3.05, 3.63) is 29.3 Å². The molecule has 0 aromatic heterocycles. The van der Waals surface area contributed by atoms with Gasteiger partial charge in [0, 0.05) is 26.2 Å². The second kappa shape index (κ2) is 7.46. The number of carbonyl (C=O) groups is 2. The molecule has 0 saturated carbocycles. The van der Waals surface area contributed by atoms with Gasteiger partial charge in [0.05, 0.1) is 6.04 Å². The highest BCUT2D eigenvalue weighted by Crippen LogP contribution is 2.16. The molecule has 6 nitrogen and oxygen atoms in total. The van der Waals surface area contributed by atoms with Crippen LogP contribution in [0.1, 0.15) is 18.1 Å². The van der Waals surface area contributed by atoms with Gasteiger partial charge in [-0.05, 0) is 44.0 Å². The fourth-order valence-corrected chi connectivity index (χ4v) is 2.72. The second-order valence-corrected chi connectivity index (χ2v) is 6.11. The number of rotatable bonds is 4. The van der Waals surface area contributed by atoms with Gasteiger partial charge in [0.15, 0.2) is 6.61 Å². The van der Waals surface area contributed by atoms with Crippen molar-refractivity contribution >= 4 is 11.8 Å². The van der Waals surface area contributed by atoms with Crippen molar-refractivity contribution in [2.75, 3.05) is 32.8 Å². The lowest BCUT2D eigenvalue weighted by Gasteiger charge is -2.35. The Balaban J connectivity index is 1.82. The minimum absolute atomic E-state index is 0.0180. The Kier molecular flexibility index (Phi) is 5.60. The van der Waals surface area contributed by atoms with Crippen LogP contribution in [-0.4, -0.2) is 60.4 Å². The predicted octanol–water partition coefficient (Wildman–Crippen LogP) is 0.700. The standard InChI is InChI=1S/C17H25N3O3/c1-12-8-13(2)10-15(9-12)23-11-16(21)19-4-6-20(7-5-19)17(22)14(3)18/h8-10,14H,4-7,11,18H2,1-3H3. The number of hydrogen-bond donors (Lipinski definition) is 1. The lowest BCUT2D eigenvalue weighted by Crippen LogP contribution is -2.54. The quantitative estimate of drug-likeness (QED) is 0.886. The summed E-state index contributed by atoms with van der Waals surface area (Å²) in [5.74, 6) is 0.585. The summed E-state index contributed by atoms with van der Waals surface area (Å²) >= 11 is 0. The maximum absolute atomic E-state index is 12.2. The Morgan fingerprint density at radius 3 is 2.13 bits per heavy atom. The van der Waals surface area contributed by atoms with Gasteiger partial charge in [-0.3, -0.25) is 9.59 Å². The molecule has 1 aliphatic rings. The fourth-order valence-electron chi connectivity index (χ4n) is 2.72. The normalized spacial score (nSPS) is 16.2. The predicted molar refractivity (Wildman–Crippen MR) is 88.2 cm³/mol. The molecule has 0 bridgehead atoms. The molecule has 1 fully saturated rings. The van der Waals surface area contributed by atoms with Gasteiger partial charge in [0.1, 0.15) is 5.75 Å². The SMILES string of the molecule is Cc1cc(C)cc(OCC(=O)N2CCN(C(=O)C(C)N)CC2)c1. The van der Waals surface area contributed by atoms with Crippen molar-refractivity contribution in [3.8, 4) is 5.75 Å². The average Bonchev–Trinajstić information content (AvgIpc) is 2.51. The minimum atomic E-state index is -0.495. The molecule has 1 atom stereocenters. The summed E-state index contributed by atoms with van der Waals surface area (Å²) in [7, 11) is 0. The Labute approximate surface area is 137 Å². The zero-order valence-corrected chi connectivity index (χ0v) is 14.0. The summed E-state index contributed by atoms with van der Waals surface area (Å²) in [5, 5.41) is 0. The van der Waals surface area contributed by atoms with E-state index in [-0.39, 0.29) is 18.4 Å². The fraction of sp³-hybridized carbons (Fsp3) is 0.529. The number of amides is 2. The van der Waals surface area contributed by atoms with Crippen LogP contribution >= 0.6 is 0 Å². The van der Waals surface area contributed by atoms with E-state index in [9.17, 15) is 9.59 Å². The molecule has 1 heterocycles. The van der Waals surface area contributed by atoms with Crippen molar-refractivity contribution in [1.82, 2.24) is 9.80 Å². The summed E-state index contributed by atoms with van der Waals surface area (Å²) in [6, 6.07) is 5.40. The van der Waals surface area contributed by atoms with Gasteiger partial charge in [-0.2, -0.15) is 0 Å². The molecule has 1 aliphatic heterocycles. The molecule has 6 heteroatoms. The molecule has 2 N–H and O–H groups in total. The number of hydrogen-bond acceptors (Lipinski definition) is 4. The number of benzene rings is 1. The summed E-state index contributed by atoms with van der Waals surface area (Å²) in [6.45, 7) is 7.78. The van der Waals surface area contributed by atoms with Gasteiger partial charge < -0.3 is 20.3 Å². The molecule has 23 heavy (non-hydrogen) atoms. The van der Waals surface area contributed by atoms with Crippen molar-refractivity contribution < 1.29 is 14.3 Å². The van der Waals surface area contributed by atoms with Crippen LogP contribution in [0.5, 0.6) is 5.75 Å². The molecule has 126 valence electrons. The topological polar surface area (TPSA) is 75.9 Å². The van der Waals surface area contributed by atoms with Crippen LogP contribution in [-0.2, 0) is 9.59 Å². The van der Waals surface area contributed by atoms with Crippen LogP contribution in [0, 0.1) is 13.8 Å². The first kappa shape index (κ1) is 17.3. The highest BCUT2D eigenvalue weighted by atomic mass is 16.5. The zero-order valence-electron chi connectivity index (χ0n) is 14.0. The Bertz CT molecular complexity index is 558. The van der Waals surface area contributed by atoms with E-state index < -0.39 is 6.04 Å². The van der Waals surface area contributed by atoms with Gasteiger partial charge in [-0.1, -0.05) is 6.07 Å². The van der Waals surface area contributed by atoms with Gasteiger partial charge in [0.25, 0.3) is 5.91 Å².